The number of hydrogen-bond acceptors (Lipinski definition) is 3. The Bertz CT molecular complexity index is 786. The van der Waals surface area contributed by atoms with Gasteiger partial charge in [-0.2, -0.15) is 0 Å². The van der Waals surface area contributed by atoms with Crippen molar-refractivity contribution in [2.24, 2.45) is 0 Å². The van der Waals surface area contributed by atoms with Gasteiger partial charge in [-0.3, -0.25) is 14.6 Å². The summed E-state index contributed by atoms with van der Waals surface area (Å²) in [6, 6.07) is 8.82. The predicted octanol–water partition coefficient (Wildman–Crippen LogP) is 3.64. The summed E-state index contributed by atoms with van der Waals surface area (Å²) in [5.41, 5.74) is 2.44. The number of halogens is 1. The van der Waals surface area contributed by atoms with Crippen LogP contribution in [0.3, 0.4) is 0 Å². The SMILES string of the molecule is Cc1cc(Br)ccc1NC(=O)c1ccnc(C(=O)N2CCCC2)c1. The molecule has 2 amide bonds. The monoisotopic (exact) mass is 387 g/mol. The van der Waals surface area contributed by atoms with E-state index in [0.717, 1.165) is 41.7 Å². The lowest BCUT2D eigenvalue weighted by atomic mass is 10.1. The Balaban J connectivity index is 1.77. The van der Waals surface area contributed by atoms with Gasteiger partial charge in [0.05, 0.1) is 0 Å². The minimum atomic E-state index is -0.252. The van der Waals surface area contributed by atoms with Gasteiger partial charge in [0.25, 0.3) is 11.8 Å². The molecule has 0 atom stereocenters. The molecule has 24 heavy (non-hydrogen) atoms. The van der Waals surface area contributed by atoms with Crippen molar-refractivity contribution in [2.45, 2.75) is 19.8 Å². The molecule has 0 spiro atoms. The fourth-order valence-electron chi connectivity index (χ4n) is 2.73. The van der Waals surface area contributed by atoms with Gasteiger partial charge in [0.2, 0.25) is 0 Å². The molecule has 0 aliphatic carbocycles. The molecule has 0 saturated carbocycles. The highest BCUT2D eigenvalue weighted by Crippen LogP contribution is 2.21. The Kier molecular flexibility index (Phi) is 4.94. The van der Waals surface area contributed by atoms with E-state index < -0.39 is 0 Å². The zero-order chi connectivity index (χ0) is 17.1. The number of anilines is 1. The van der Waals surface area contributed by atoms with Gasteiger partial charge < -0.3 is 10.2 Å². The molecule has 1 N–H and O–H groups in total. The smallest absolute Gasteiger partial charge is 0.272 e. The molecular formula is C18H18BrN3O2. The third-order valence-corrected chi connectivity index (χ3v) is 4.56. The van der Waals surface area contributed by atoms with E-state index in [2.05, 4.69) is 26.2 Å². The maximum absolute atomic E-state index is 12.5. The third kappa shape index (κ3) is 3.64. The van der Waals surface area contributed by atoms with Crippen molar-refractivity contribution in [1.82, 2.24) is 9.88 Å². The zero-order valence-corrected chi connectivity index (χ0v) is 15.0. The molecule has 1 aliphatic rings. The first-order chi connectivity index (χ1) is 11.5. The number of pyridine rings is 1. The maximum atomic E-state index is 12.5. The van der Waals surface area contributed by atoms with E-state index in [4.69, 9.17) is 0 Å². The molecular weight excluding hydrogens is 370 g/mol. The van der Waals surface area contributed by atoms with E-state index in [1.54, 1.807) is 17.0 Å². The van der Waals surface area contributed by atoms with E-state index in [1.807, 2.05) is 25.1 Å². The lowest BCUT2D eigenvalue weighted by molar-refractivity contribution is 0.0787. The van der Waals surface area contributed by atoms with Crippen LogP contribution in [0.2, 0.25) is 0 Å². The van der Waals surface area contributed by atoms with Crippen LogP contribution in [0, 0.1) is 6.92 Å². The number of hydrogen-bond donors (Lipinski definition) is 1. The van der Waals surface area contributed by atoms with Crippen molar-refractivity contribution < 1.29 is 9.59 Å². The van der Waals surface area contributed by atoms with Crippen molar-refractivity contribution in [3.05, 3.63) is 57.8 Å². The van der Waals surface area contributed by atoms with E-state index >= 15 is 0 Å². The summed E-state index contributed by atoms with van der Waals surface area (Å²) in [5.74, 6) is -0.361. The molecule has 124 valence electrons. The van der Waals surface area contributed by atoms with Gasteiger partial charge in [-0.15, -0.1) is 0 Å². The standard InChI is InChI=1S/C18H18BrN3O2/c1-12-10-14(19)4-5-15(12)21-17(23)13-6-7-20-16(11-13)18(24)22-8-2-3-9-22/h4-7,10-11H,2-3,8-9H2,1H3,(H,21,23). The Morgan fingerprint density at radius 1 is 1.17 bits per heavy atom. The summed E-state index contributed by atoms with van der Waals surface area (Å²) in [5, 5.41) is 2.88. The van der Waals surface area contributed by atoms with E-state index in [9.17, 15) is 9.59 Å². The fraction of sp³-hybridized carbons (Fsp3) is 0.278. The van der Waals surface area contributed by atoms with Crippen molar-refractivity contribution >= 4 is 33.4 Å². The minimum Gasteiger partial charge on any atom is -0.337 e. The summed E-state index contributed by atoms with van der Waals surface area (Å²) in [6.07, 6.45) is 3.55. The molecule has 6 heteroatoms. The van der Waals surface area contributed by atoms with Crippen LogP contribution >= 0.6 is 15.9 Å². The molecule has 2 heterocycles. The Labute approximate surface area is 149 Å². The van der Waals surface area contributed by atoms with Crippen LogP contribution in [-0.2, 0) is 0 Å². The van der Waals surface area contributed by atoms with Gasteiger partial charge in [0.1, 0.15) is 5.69 Å². The lowest BCUT2D eigenvalue weighted by Crippen LogP contribution is -2.28. The molecule has 0 bridgehead atoms. The van der Waals surface area contributed by atoms with E-state index in [1.165, 1.54) is 6.20 Å². The highest BCUT2D eigenvalue weighted by atomic mass is 79.9. The Morgan fingerprint density at radius 3 is 2.62 bits per heavy atom. The van der Waals surface area contributed by atoms with Gasteiger partial charge in [0, 0.05) is 35.0 Å². The number of nitrogens with zero attached hydrogens (tertiary/aromatic N) is 2. The molecule has 1 fully saturated rings. The van der Waals surface area contributed by atoms with E-state index in [0.29, 0.717) is 11.3 Å². The minimum absolute atomic E-state index is 0.109. The number of likely N-dealkylation sites (tertiary alicyclic amines) is 1. The van der Waals surface area contributed by atoms with Crippen molar-refractivity contribution in [1.29, 1.82) is 0 Å². The van der Waals surface area contributed by atoms with Gasteiger partial charge in [-0.05, 0) is 55.7 Å². The summed E-state index contributed by atoms with van der Waals surface area (Å²) in [6.45, 7) is 3.44. The Morgan fingerprint density at radius 2 is 1.92 bits per heavy atom. The molecule has 1 aromatic heterocycles. The molecule has 1 aromatic carbocycles. The molecule has 5 nitrogen and oxygen atoms in total. The normalized spacial score (nSPS) is 13.8. The summed E-state index contributed by atoms with van der Waals surface area (Å²) in [4.78, 5) is 30.8. The highest BCUT2D eigenvalue weighted by molar-refractivity contribution is 9.10. The quantitative estimate of drug-likeness (QED) is 0.874. The van der Waals surface area contributed by atoms with Crippen LogP contribution in [0.15, 0.2) is 41.0 Å². The second kappa shape index (κ2) is 7.13. The predicted molar refractivity (Wildman–Crippen MR) is 96.2 cm³/mol. The van der Waals surface area contributed by atoms with Crippen LogP contribution < -0.4 is 5.32 Å². The fourth-order valence-corrected chi connectivity index (χ4v) is 3.21. The second-order valence-electron chi connectivity index (χ2n) is 5.84. The number of carbonyl (C=O) groups is 2. The molecule has 2 aromatic rings. The van der Waals surface area contributed by atoms with Crippen molar-refractivity contribution in [2.75, 3.05) is 18.4 Å². The number of carbonyl (C=O) groups excluding carboxylic acids is 2. The topological polar surface area (TPSA) is 62.3 Å². The van der Waals surface area contributed by atoms with Crippen molar-refractivity contribution in [3.8, 4) is 0 Å². The largest absolute Gasteiger partial charge is 0.337 e. The zero-order valence-electron chi connectivity index (χ0n) is 13.4. The summed E-state index contributed by atoms with van der Waals surface area (Å²) < 4.78 is 0.959. The number of amides is 2. The first-order valence-corrected chi connectivity index (χ1v) is 8.67. The summed E-state index contributed by atoms with van der Waals surface area (Å²) in [7, 11) is 0. The van der Waals surface area contributed by atoms with Crippen LogP contribution in [0.1, 0.15) is 39.3 Å². The Hall–Kier alpha value is -2.21. The number of aromatic nitrogens is 1. The average molecular weight is 388 g/mol. The van der Waals surface area contributed by atoms with Crippen LogP contribution in [0.4, 0.5) is 5.69 Å². The van der Waals surface area contributed by atoms with Crippen LogP contribution in [-0.4, -0.2) is 34.8 Å². The first kappa shape index (κ1) is 16.6. The lowest BCUT2D eigenvalue weighted by Gasteiger charge is -2.15. The third-order valence-electron chi connectivity index (χ3n) is 4.07. The average Bonchev–Trinajstić information content (AvgIpc) is 3.11. The van der Waals surface area contributed by atoms with Crippen LogP contribution in [0.5, 0.6) is 0 Å². The second-order valence-corrected chi connectivity index (χ2v) is 6.76. The number of aryl methyl sites for hydroxylation is 1. The molecule has 0 radical (unpaired) electrons. The molecule has 1 saturated heterocycles. The maximum Gasteiger partial charge on any atom is 0.272 e. The highest BCUT2D eigenvalue weighted by Gasteiger charge is 2.21. The number of rotatable bonds is 3. The van der Waals surface area contributed by atoms with E-state index in [-0.39, 0.29) is 11.8 Å². The summed E-state index contributed by atoms with van der Waals surface area (Å²) >= 11 is 3.40. The first-order valence-electron chi connectivity index (χ1n) is 7.87. The number of benzene rings is 1. The van der Waals surface area contributed by atoms with Gasteiger partial charge in [0.15, 0.2) is 0 Å². The molecule has 0 unspecified atom stereocenters. The van der Waals surface area contributed by atoms with Crippen molar-refractivity contribution in [3.63, 3.8) is 0 Å². The van der Waals surface area contributed by atoms with Gasteiger partial charge in [-0.25, -0.2) is 0 Å². The molecule has 1 aliphatic heterocycles. The van der Waals surface area contributed by atoms with Gasteiger partial charge >= 0.3 is 0 Å². The van der Waals surface area contributed by atoms with Crippen LogP contribution in [0.25, 0.3) is 0 Å². The molecule has 3 rings (SSSR count). The van der Waals surface area contributed by atoms with Gasteiger partial charge in [-0.1, -0.05) is 15.9 Å². The number of nitrogens with one attached hydrogen (secondary N) is 1.